The molecule has 9 rings (SSSR count). The SMILES string of the molecule is Cc1ccc(N(c2ccc(C)cc2)c2cc(-c3ccc4c(c3)C(C)(C)c3ccccc3-4)c(C)c(-c3ccc4c(c3)C(C)(C)c3ccccc3-4)c2)cc1. The molecule has 0 aromatic heterocycles. The van der Waals surface area contributed by atoms with E-state index in [2.05, 4.69) is 199 Å². The van der Waals surface area contributed by atoms with E-state index in [0.29, 0.717) is 0 Å². The molecule has 1 nitrogen and oxygen atoms in total. The van der Waals surface area contributed by atoms with E-state index >= 15 is 0 Å². The second-order valence-electron chi connectivity index (χ2n) is 16.0. The van der Waals surface area contributed by atoms with Gasteiger partial charge in [0.1, 0.15) is 0 Å². The van der Waals surface area contributed by atoms with Crippen molar-refractivity contribution in [3.8, 4) is 44.5 Å². The number of hydrogen-bond acceptors (Lipinski definition) is 1. The summed E-state index contributed by atoms with van der Waals surface area (Å²) in [5, 5.41) is 0. The lowest BCUT2D eigenvalue weighted by atomic mass is 9.80. The third-order valence-electron chi connectivity index (χ3n) is 12.0. The van der Waals surface area contributed by atoms with Gasteiger partial charge in [0.05, 0.1) is 0 Å². The van der Waals surface area contributed by atoms with E-state index in [9.17, 15) is 0 Å². The highest BCUT2D eigenvalue weighted by Crippen LogP contribution is 2.52. The molecule has 0 heterocycles. The molecule has 0 N–H and O–H groups in total. The van der Waals surface area contributed by atoms with Gasteiger partial charge in [-0.3, -0.25) is 0 Å². The van der Waals surface area contributed by atoms with E-state index < -0.39 is 0 Å². The van der Waals surface area contributed by atoms with Crippen molar-refractivity contribution in [2.45, 2.75) is 59.3 Å². The number of anilines is 3. The molecule has 0 radical (unpaired) electrons. The fourth-order valence-electron chi connectivity index (χ4n) is 9.01. The van der Waals surface area contributed by atoms with Gasteiger partial charge < -0.3 is 4.90 Å². The lowest BCUT2D eigenvalue weighted by molar-refractivity contribution is 0.660. The van der Waals surface area contributed by atoms with Crippen LogP contribution in [0, 0.1) is 20.8 Å². The van der Waals surface area contributed by atoms with Crippen LogP contribution in [0.4, 0.5) is 17.1 Å². The molecule has 1 heteroatoms. The van der Waals surface area contributed by atoms with Gasteiger partial charge in [-0.25, -0.2) is 0 Å². The van der Waals surface area contributed by atoms with Gasteiger partial charge in [0.2, 0.25) is 0 Å². The molecular formula is C51H45N. The van der Waals surface area contributed by atoms with Crippen LogP contribution in [0.15, 0.2) is 146 Å². The first-order chi connectivity index (χ1) is 25.0. The Kier molecular flexibility index (Phi) is 7.25. The smallest absolute Gasteiger partial charge is 0.0474 e. The highest BCUT2D eigenvalue weighted by atomic mass is 15.1. The summed E-state index contributed by atoms with van der Waals surface area (Å²) >= 11 is 0. The van der Waals surface area contributed by atoms with Crippen LogP contribution in [0.2, 0.25) is 0 Å². The minimum Gasteiger partial charge on any atom is -0.310 e. The van der Waals surface area contributed by atoms with Crippen molar-refractivity contribution in [3.63, 3.8) is 0 Å². The van der Waals surface area contributed by atoms with Crippen molar-refractivity contribution in [2.24, 2.45) is 0 Å². The second-order valence-corrected chi connectivity index (χ2v) is 16.0. The Morgan fingerprint density at radius 2 is 0.731 bits per heavy atom. The number of benzene rings is 7. The number of hydrogen-bond donors (Lipinski definition) is 0. The quantitative estimate of drug-likeness (QED) is 0.176. The first-order valence-electron chi connectivity index (χ1n) is 18.6. The van der Waals surface area contributed by atoms with Crippen molar-refractivity contribution >= 4 is 17.1 Å². The zero-order chi connectivity index (χ0) is 35.9. The van der Waals surface area contributed by atoms with Gasteiger partial charge in [0, 0.05) is 27.9 Å². The Labute approximate surface area is 309 Å². The molecule has 52 heavy (non-hydrogen) atoms. The average Bonchev–Trinajstić information content (AvgIpc) is 3.53. The van der Waals surface area contributed by atoms with Crippen LogP contribution in [0.25, 0.3) is 44.5 Å². The summed E-state index contributed by atoms with van der Waals surface area (Å²) in [6.07, 6.45) is 0. The fraction of sp³-hybridized carbons (Fsp3) is 0.176. The molecule has 0 atom stereocenters. The van der Waals surface area contributed by atoms with Crippen molar-refractivity contribution in [1.82, 2.24) is 0 Å². The van der Waals surface area contributed by atoms with Gasteiger partial charge in [-0.2, -0.15) is 0 Å². The normalized spacial score (nSPS) is 14.4. The van der Waals surface area contributed by atoms with Crippen LogP contribution in [0.1, 0.15) is 66.6 Å². The van der Waals surface area contributed by atoms with E-state index in [-0.39, 0.29) is 10.8 Å². The zero-order valence-corrected chi connectivity index (χ0v) is 31.3. The summed E-state index contributed by atoms with van der Waals surface area (Å²) in [4.78, 5) is 2.42. The summed E-state index contributed by atoms with van der Waals surface area (Å²) in [7, 11) is 0. The van der Waals surface area contributed by atoms with Crippen molar-refractivity contribution in [2.75, 3.05) is 4.90 Å². The molecule has 0 aliphatic heterocycles. The molecular weight excluding hydrogens is 627 g/mol. The van der Waals surface area contributed by atoms with E-state index in [4.69, 9.17) is 0 Å². The van der Waals surface area contributed by atoms with Crippen molar-refractivity contribution in [3.05, 3.63) is 185 Å². The predicted octanol–water partition coefficient (Wildman–Crippen LogP) is 14.0. The molecule has 2 aliphatic carbocycles. The van der Waals surface area contributed by atoms with Crippen LogP contribution in [0.3, 0.4) is 0 Å². The summed E-state index contributed by atoms with van der Waals surface area (Å²) in [5.74, 6) is 0. The molecule has 7 aromatic carbocycles. The molecule has 0 fully saturated rings. The van der Waals surface area contributed by atoms with Gasteiger partial charge in [0.25, 0.3) is 0 Å². The molecule has 254 valence electrons. The van der Waals surface area contributed by atoms with Crippen LogP contribution in [-0.4, -0.2) is 0 Å². The number of nitrogens with zero attached hydrogens (tertiary/aromatic N) is 1. The molecule has 0 saturated heterocycles. The zero-order valence-electron chi connectivity index (χ0n) is 31.3. The van der Waals surface area contributed by atoms with Crippen LogP contribution in [0.5, 0.6) is 0 Å². The average molecular weight is 672 g/mol. The minimum absolute atomic E-state index is 0.0767. The first kappa shape index (κ1) is 32.3. The third-order valence-corrected chi connectivity index (χ3v) is 12.0. The molecule has 0 amide bonds. The van der Waals surface area contributed by atoms with E-state index in [0.717, 1.165) is 17.1 Å². The number of fused-ring (bicyclic) bond motifs is 6. The Balaban J connectivity index is 1.29. The standard InChI is InChI=1S/C51H45N/c1-32-16-22-37(23-17-32)52(38-24-18-33(2)19-25-38)39-30-44(35-20-26-42-40-12-8-10-14-46(40)50(4,5)48(42)28-35)34(3)45(31-39)36-21-27-43-41-13-9-11-15-47(41)51(6,7)49(43)29-36/h8-31H,1-7H3. The van der Waals surface area contributed by atoms with Gasteiger partial charge in [-0.05, 0) is 142 Å². The van der Waals surface area contributed by atoms with Gasteiger partial charge >= 0.3 is 0 Å². The van der Waals surface area contributed by atoms with Crippen LogP contribution in [-0.2, 0) is 10.8 Å². The maximum atomic E-state index is 2.47. The van der Waals surface area contributed by atoms with Crippen molar-refractivity contribution < 1.29 is 0 Å². The molecule has 0 saturated carbocycles. The molecule has 0 spiro atoms. The topological polar surface area (TPSA) is 3.24 Å². The minimum atomic E-state index is -0.0767. The second kappa shape index (κ2) is 11.7. The Bertz CT molecular complexity index is 2350. The lowest BCUT2D eigenvalue weighted by Crippen LogP contribution is -2.15. The third kappa shape index (κ3) is 4.90. The summed E-state index contributed by atoms with van der Waals surface area (Å²) in [6, 6.07) is 54.9. The van der Waals surface area contributed by atoms with Crippen LogP contribution < -0.4 is 4.90 Å². The van der Waals surface area contributed by atoms with E-state index in [1.165, 1.54) is 83.5 Å². The van der Waals surface area contributed by atoms with Crippen LogP contribution >= 0.6 is 0 Å². The van der Waals surface area contributed by atoms with Gasteiger partial charge in [-0.15, -0.1) is 0 Å². The molecule has 0 bridgehead atoms. The molecule has 7 aromatic rings. The maximum absolute atomic E-state index is 2.47. The van der Waals surface area contributed by atoms with E-state index in [1.54, 1.807) is 0 Å². The maximum Gasteiger partial charge on any atom is 0.0474 e. The number of rotatable bonds is 5. The largest absolute Gasteiger partial charge is 0.310 e. The summed E-state index contributed by atoms with van der Waals surface area (Å²) in [6.45, 7) is 16.1. The summed E-state index contributed by atoms with van der Waals surface area (Å²) < 4.78 is 0. The molecule has 0 unspecified atom stereocenters. The molecule has 2 aliphatic rings. The monoisotopic (exact) mass is 671 g/mol. The Morgan fingerprint density at radius 3 is 1.15 bits per heavy atom. The Morgan fingerprint density at radius 1 is 0.346 bits per heavy atom. The highest BCUT2D eigenvalue weighted by Gasteiger charge is 2.37. The predicted molar refractivity (Wildman–Crippen MR) is 221 cm³/mol. The van der Waals surface area contributed by atoms with Crippen molar-refractivity contribution in [1.29, 1.82) is 0 Å². The summed E-state index contributed by atoms with van der Waals surface area (Å²) in [5.41, 5.74) is 23.1. The van der Waals surface area contributed by atoms with Gasteiger partial charge in [0.15, 0.2) is 0 Å². The Hall–Kier alpha value is -5.66. The first-order valence-corrected chi connectivity index (χ1v) is 18.6. The van der Waals surface area contributed by atoms with Gasteiger partial charge in [-0.1, -0.05) is 136 Å². The number of aryl methyl sites for hydroxylation is 2. The highest BCUT2D eigenvalue weighted by molar-refractivity contribution is 5.91. The van der Waals surface area contributed by atoms with E-state index in [1.807, 2.05) is 0 Å². The fourth-order valence-corrected chi connectivity index (χ4v) is 9.01. The lowest BCUT2D eigenvalue weighted by Gasteiger charge is -2.28.